The van der Waals surface area contributed by atoms with Crippen LogP contribution in [0.5, 0.6) is 5.75 Å². The Labute approximate surface area is 169 Å². The third-order valence-corrected chi connectivity index (χ3v) is 6.55. The molecule has 4 atom stereocenters. The molecule has 3 aliphatic rings. The number of amides is 1. The number of ketones is 2. The molecule has 6 N–H and O–H groups in total. The molecular formula is C20H18ClNO7. The van der Waals surface area contributed by atoms with E-state index in [9.17, 15) is 34.8 Å². The molecule has 3 aliphatic carbocycles. The lowest BCUT2D eigenvalue weighted by molar-refractivity contribution is -0.126. The fourth-order valence-electron chi connectivity index (χ4n) is 4.96. The summed E-state index contributed by atoms with van der Waals surface area (Å²) in [6, 6.07) is 2.56. The number of fused-ring (bicyclic) bond motifs is 3. The normalized spacial score (nSPS) is 31.3. The van der Waals surface area contributed by atoms with Crippen LogP contribution < -0.4 is 5.73 Å². The molecule has 0 saturated carbocycles. The van der Waals surface area contributed by atoms with Crippen molar-refractivity contribution in [2.24, 2.45) is 23.5 Å². The van der Waals surface area contributed by atoms with Crippen molar-refractivity contribution < 1.29 is 34.8 Å². The van der Waals surface area contributed by atoms with Crippen LogP contribution in [0, 0.1) is 17.8 Å². The topological polar surface area (TPSA) is 158 Å². The first-order chi connectivity index (χ1) is 13.5. The first-order valence-electron chi connectivity index (χ1n) is 8.96. The highest BCUT2D eigenvalue weighted by Crippen LogP contribution is 2.55. The van der Waals surface area contributed by atoms with Gasteiger partial charge < -0.3 is 26.2 Å². The van der Waals surface area contributed by atoms with E-state index in [2.05, 4.69) is 0 Å². The van der Waals surface area contributed by atoms with Crippen molar-refractivity contribution in [3.63, 3.8) is 0 Å². The summed E-state index contributed by atoms with van der Waals surface area (Å²) in [5.41, 5.74) is 2.45. The zero-order valence-electron chi connectivity index (χ0n) is 15.3. The van der Waals surface area contributed by atoms with Crippen LogP contribution in [0.15, 0.2) is 34.8 Å². The molecule has 1 aromatic rings. The standard InChI is InChI=1S/C20H18ClNO7/c1-20(29)7-4-6-5-10(24)14(19(22)28)17(26)11(6)16(25)12(7)18(27)13-9(23)3-2-8(21)15(13)20/h2-3,6-7,11,23-25,29H,4-5H2,1H3,(H2,22,28)/t6-,7-,11?,20-/m0/s1. The van der Waals surface area contributed by atoms with E-state index in [4.69, 9.17) is 17.3 Å². The molecule has 4 rings (SSSR count). The molecule has 0 radical (unpaired) electrons. The lowest BCUT2D eigenvalue weighted by Gasteiger charge is -2.47. The Kier molecular flexibility index (Phi) is 4.08. The van der Waals surface area contributed by atoms with Crippen LogP contribution >= 0.6 is 11.6 Å². The number of phenols is 1. The number of carbonyl (C=O) groups excluding carboxylic acids is 3. The smallest absolute Gasteiger partial charge is 0.255 e. The highest BCUT2D eigenvalue weighted by molar-refractivity contribution is 6.33. The van der Waals surface area contributed by atoms with Gasteiger partial charge in [-0.25, -0.2) is 0 Å². The van der Waals surface area contributed by atoms with E-state index in [-0.39, 0.29) is 34.6 Å². The van der Waals surface area contributed by atoms with Crippen molar-refractivity contribution in [2.75, 3.05) is 0 Å². The summed E-state index contributed by atoms with van der Waals surface area (Å²) in [6.45, 7) is 1.41. The van der Waals surface area contributed by atoms with Crippen molar-refractivity contribution in [1.29, 1.82) is 0 Å². The Hall–Kier alpha value is -2.84. The summed E-state index contributed by atoms with van der Waals surface area (Å²) in [6.07, 6.45) is -0.0521. The SMILES string of the molecule is C[C@@]1(O)c2c(Cl)ccc(O)c2C(=O)C2=C(O)C3C(=O)C(C(N)=O)=C(O)C[C@@H]3C[C@@H]21. The first-order valence-corrected chi connectivity index (χ1v) is 9.34. The molecule has 0 aliphatic heterocycles. The second-order valence-electron chi connectivity index (χ2n) is 7.87. The Morgan fingerprint density at radius 3 is 2.52 bits per heavy atom. The van der Waals surface area contributed by atoms with Crippen molar-refractivity contribution >= 4 is 29.1 Å². The third kappa shape index (κ3) is 2.45. The van der Waals surface area contributed by atoms with Crippen LogP contribution in [0.3, 0.4) is 0 Å². The molecular weight excluding hydrogens is 402 g/mol. The van der Waals surface area contributed by atoms with E-state index in [1.54, 1.807) is 0 Å². The fraction of sp³-hybridized carbons (Fsp3) is 0.350. The number of aliphatic hydroxyl groups excluding tert-OH is 2. The molecule has 0 fully saturated rings. The van der Waals surface area contributed by atoms with Gasteiger partial charge in [0.15, 0.2) is 11.6 Å². The zero-order valence-corrected chi connectivity index (χ0v) is 16.0. The Bertz CT molecular complexity index is 1070. The second kappa shape index (κ2) is 6.08. The summed E-state index contributed by atoms with van der Waals surface area (Å²) >= 11 is 6.21. The number of aliphatic hydroxyl groups is 3. The lowest BCUT2D eigenvalue weighted by Crippen LogP contribution is -2.49. The zero-order chi connectivity index (χ0) is 21.4. The minimum Gasteiger partial charge on any atom is -0.511 e. The monoisotopic (exact) mass is 419 g/mol. The molecule has 0 spiro atoms. The quantitative estimate of drug-likeness (QED) is 0.434. The van der Waals surface area contributed by atoms with Gasteiger partial charge in [-0.05, 0) is 31.4 Å². The number of primary amides is 1. The summed E-state index contributed by atoms with van der Waals surface area (Å²) in [5.74, 6) is -7.06. The highest BCUT2D eigenvalue weighted by Gasteiger charge is 2.56. The molecule has 29 heavy (non-hydrogen) atoms. The second-order valence-corrected chi connectivity index (χ2v) is 8.28. The molecule has 1 unspecified atom stereocenters. The van der Waals surface area contributed by atoms with Crippen molar-refractivity contribution in [3.8, 4) is 5.75 Å². The first kappa shape index (κ1) is 19.5. The molecule has 0 heterocycles. The van der Waals surface area contributed by atoms with Crippen LogP contribution in [-0.2, 0) is 15.2 Å². The van der Waals surface area contributed by atoms with E-state index in [1.807, 2.05) is 0 Å². The molecule has 9 heteroatoms. The maximum absolute atomic E-state index is 13.2. The number of rotatable bonds is 1. The number of hydrogen-bond acceptors (Lipinski definition) is 7. The van der Waals surface area contributed by atoms with Gasteiger partial charge in [-0.1, -0.05) is 11.6 Å². The molecule has 1 aromatic carbocycles. The molecule has 1 amide bonds. The van der Waals surface area contributed by atoms with Gasteiger partial charge in [0.1, 0.15) is 22.8 Å². The number of phenolic OH excluding ortho intramolecular Hbond substituents is 1. The fourth-order valence-corrected chi connectivity index (χ4v) is 5.31. The van der Waals surface area contributed by atoms with Crippen molar-refractivity contribution in [1.82, 2.24) is 0 Å². The van der Waals surface area contributed by atoms with Gasteiger partial charge >= 0.3 is 0 Å². The predicted octanol–water partition coefficient (Wildman–Crippen LogP) is 1.78. The number of halogens is 1. The average molecular weight is 420 g/mol. The molecule has 0 bridgehead atoms. The Morgan fingerprint density at radius 1 is 1.24 bits per heavy atom. The van der Waals surface area contributed by atoms with E-state index < -0.39 is 63.7 Å². The van der Waals surface area contributed by atoms with Gasteiger partial charge in [-0.3, -0.25) is 14.4 Å². The molecule has 152 valence electrons. The van der Waals surface area contributed by atoms with Crippen LogP contribution in [0.4, 0.5) is 0 Å². The molecule has 0 saturated heterocycles. The van der Waals surface area contributed by atoms with E-state index >= 15 is 0 Å². The summed E-state index contributed by atoms with van der Waals surface area (Å²) in [4.78, 5) is 37.5. The van der Waals surface area contributed by atoms with Crippen LogP contribution in [-0.4, -0.2) is 37.9 Å². The minimum atomic E-state index is -1.74. The lowest BCUT2D eigenvalue weighted by atomic mass is 9.58. The minimum absolute atomic E-state index is 0.0453. The van der Waals surface area contributed by atoms with Crippen molar-refractivity contribution in [2.45, 2.75) is 25.4 Å². The predicted molar refractivity (Wildman–Crippen MR) is 100 cm³/mol. The number of nitrogens with two attached hydrogens (primary N) is 1. The maximum atomic E-state index is 13.2. The third-order valence-electron chi connectivity index (χ3n) is 6.24. The van der Waals surface area contributed by atoms with Gasteiger partial charge in [0.05, 0.1) is 17.1 Å². The average Bonchev–Trinajstić information content (AvgIpc) is 2.60. The number of carbonyl (C=O) groups is 3. The number of allylic oxidation sites excluding steroid dienone is 2. The van der Waals surface area contributed by atoms with E-state index in [0.717, 1.165) is 0 Å². The number of benzene rings is 1. The summed E-state index contributed by atoms with van der Waals surface area (Å²) < 4.78 is 0. The summed E-state index contributed by atoms with van der Waals surface area (Å²) in [5, 5.41) is 42.6. The largest absolute Gasteiger partial charge is 0.511 e. The van der Waals surface area contributed by atoms with Gasteiger partial charge in [0.2, 0.25) is 0 Å². The van der Waals surface area contributed by atoms with Gasteiger partial charge in [0, 0.05) is 28.5 Å². The maximum Gasteiger partial charge on any atom is 0.255 e. The Morgan fingerprint density at radius 2 is 1.90 bits per heavy atom. The Balaban J connectivity index is 1.96. The number of hydrogen-bond donors (Lipinski definition) is 5. The number of aromatic hydroxyl groups is 1. The van der Waals surface area contributed by atoms with Gasteiger partial charge in [-0.15, -0.1) is 0 Å². The van der Waals surface area contributed by atoms with Crippen LogP contribution in [0.2, 0.25) is 5.02 Å². The molecule has 0 aromatic heterocycles. The van der Waals surface area contributed by atoms with E-state index in [1.165, 1.54) is 19.1 Å². The van der Waals surface area contributed by atoms with Crippen molar-refractivity contribution in [3.05, 3.63) is 50.9 Å². The van der Waals surface area contributed by atoms with Gasteiger partial charge in [0.25, 0.3) is 5.91 Å². The number of Topliss-reactive ketones (excluding diaryl/α,β-unsaturated/α-hetero) is 2. The summed E-state index contributed by atoms with van der Waals surface area (Å²) in [7, 11) is 0. The molecule has 8 nitrogen and oxygen atoms in total. The van der Waals surface area contributed by atoms with Crippen LogP contribution in [0.25, 0.3) is 0 Å². The van der Waals surface area contributed by atoms with Gasteiger partial charge in [-0.2, -0.15) is 0 Å². The highest BCUT2D eigenvalue weighted by atomic mass is 35.5. The van der Waals surface area contributed by atoms with Crippen LogP contribution in [0.1, 0.15) is 35.7 Å². The van der Waals surface area contributed by atoms with E-state index in [0.29, 0.717) is 0 Å².